The van der Waals surface area contributed by atoms with Gasteiger partial charge >= 0.3 is 42.0 Å². The molecular formula is C19H26F12O2. The second-order valence-corrected chi connectivity index (χ2v) is 9.95. The standard InChI is InChI=1S/C19H26F12O2/c1-13(2,3)9-10(14(4,5)6)11(32)33-8-7-15(22,23)17(26,27)19(30,31)18(28,29)16(24,25)12(20)21/h10,12H,7-9H2,1-6H3. The van der Waals surface area contributed by atoms with E-state index < -0.39 is 71.8 Å². The molecule has 1 atom stereocenters. The molecule has 198 valence electrons. The first-order valence-corrected chi connectivity index (χ1v) is 9.50. The number of carbonyl (C=O) groups excluding carboxylic acids is 1. The SMILES string of the molecule is CC(C)(C)CC(C(=O)OCCC(F)(F)C(F)(F)C(F)(F)C(F)(F)C(F)(F)C(F)F)C(C)(C)C. The smallest absolute Gasteiger partial charge is 0.384 e. The Morgan fingerprint density at radius 2 is 1.15 bits per heavy atom. The van der Waals surface area contributed by atoms with Gasteiger partial charge in [0, 0.05) is 0 Å². The molecule has 0 N–H and O–H groups in total. The van der Waals surface area contributed by atoms with Crippen molar-refractivity contribution in [1.29, 1.82) is 0 Å². The third-order valence-electron chi connectivity index (χ3n) is 4.75. The fourth-order valence-corrected chi connectivity index (χ4v) is 2.67. The first-order chi connectivity index (χ1) is 14.2. The molecule has 0 aromatic rings. The molecule has 14 heteroatoms. The maximum atomic E-state index is 13.8. The highest BCUT2D eigenvalue weighted by Gasteiger charge is 2.87. The van der Waals surface area contributed by atoms with Crippen LogP contribution in [0.1, 0.15) is 54.4 Å². The van der Waals surface area contributed by atoms with Gasteiger partial charge < -0.3 is 4.74 Å². The zero-order valence-corrected chi connectivity index (χ0v) is 18.6. The lowest BCUT2D eigenvalue weighted by atomic mass is 9.72. The Morgan fingerprint density at radius 1 is 0.727 bits per heavy atom. The van der Waals surface area contributed by atoms with E-state index in [0.717, 1.165) is 0 Å². The number of halogens is 12. The summed E-state index contributed by atoms with van der Waals surface area (Å²) in [6.45, 7) is 8.18. The van der Waals surface area contributed by atoms with E-state index in [-0.39, 0.29) is 6.42 Å². The second-order valence-electron chi connectivity index (χ2n) is 9.95. The highest BCUT2D eigenvalue weighted by molar-refractivity contribution is 5.73. The molecule has 0 aliphatic carbocycles. The molecule has 0 aliphatic rings. The highest BCUT2D eigenvalue weighted by Crippen LogP contribution is 2.58. The lowest BCUT2D eigenvalue weighted by Crippen LogP contribution is -2.68. The van der Waals surface area contributed by atoms with Gasteiger partial charge in [-0.1, -0.05) is 41.5 Å². The van der Waals surface area contributed by atoms with Gasteiger partial charge in [0.15, 0.2) is 0 Å². The second kappa shape index (κ2) is 9.35. The fourth-order valence-electron chi connectivity index (χ4n) is 2.67. The van der Waals surface area contributed by atoms with E-state index in [2.05, 4.69) is 4.74 Å². The van der Waals surface area contributed by atoms with Crippen LogP contribution in [0.4, 0.5) is 52.7 Å². The van der Waals surface area contributed by atoms with Crippen LogP contribution in [0.2, 0.25) is 0 Å². The molecule has 33 heavy (non-hydrogen) atoms. The minimum atomic E-state index is -7.59. The van der Waals surface area contributed by atoms with Crippen molar-refractivity contribution in [3.8, 4) is 0 Å². The molecule has 0 bridgehead atoms. The van der Waals surface area contributed by atoms with Crippen LogP contribution in [0, 0.1) is 16.7 Å². The van der Waals surface area contributed by atoms with E-state index in [1.165, 1.54) is 0 Å². The lowest BCUT2D eigenvalue weighted by molar-refractivity contribution is -0.413. The number of carbonyl (C=O) groups is 1. The van der Waals surface area contributed by atoms with Gasteiger partial charge in [-0.2, -0.15) is 43.9 Å². The molecule has 0 saturated heterocycles. The van der Waals surface area contributed by atoms with Gasteiger partial charge in [0.1, 0.15) is 0 Å². The predicted molar refractivity (Wildman–Crippen MR) is 93.3 cm³/mol. The van der Waals surface area contributed by atoms with Crippen LogP contribution in [0.25, 0.3) is 0 Å². The zero-order valence-electron chi connectivity index (χ0n) is 18.6. The van der Waals surface area contributed by atoms with Gasteiger partial charge in [0.05, 0.1) is 18.9 Å². The molecular weight excluding hydrogens is 488 g/mol. The van der Waals surface area contributed by atoms with Crippen molar-refractivity contribution in [1.82, 2.24) is 0 Å². The molecule has 0 spiro atoms. The molecule has 0 radical (unpaired) electrons. The first kappa shape index (κ1) is 31.6. The van der Waals surface area contributed by atoms with Gasteiger partial charge in [-0.15, -0.1) is 0 Å². The molecule has 0 aromatic carbocycles. The monoisotopic (exact) mass is 514 g/mol. The molecule has 0 saturated carbocycles. The van der Waals surface area contributed by atoms with Crippen LogP contribution in [-0.4, -0.2) is 48.6 Å². The molecule has 0 aromatic heterocycles. The van der Waals surface area contributed by atoms with Crippen LogP contribution in [-0.2, 0) is 9.53 Å². The van der Waals surface area contributed by atoms with E-state index in [1.54, 1.807) is 41.5 Å². The van der Waals surface area contributed by atoms with E-state index in [4.69, 9.17) is 0 Å². The Kier molecular flexibility index (Phi) is 8.96. The molecule has 0 aliphatic heterocycles. The molecule has 0 heterocycles. The quantitative estimate of drug-likeness (QED) is 0.224. The van der Waals surface area contributed by atoms with E-state index in [9.17, 15) is 57.5 Å². The van der Waals surface area contributed by atoms with E-state index >= 15 is 0 Å². The molecule has 0 rings (SSSR count). The molecule has 2 nitrogen and oxygen atoms in total. The summed E-state index contributed by atoms with van der Waals surface area (Å²) in [7, 11) is 0. The Morgan fingerprint density at radius 3 is 1.48 bits per heavy atom. The predicted octanol–water partition coefficient (Wildman–Crippen LogP) is 7.46. The summed E-state index contributed by atoms with van der Waals surface area (Å²) in [6.07, 6.45) is -7.89. The van der Waals surface area contributed by atoms with Gasteiger partial charge in [0.25, 0.3) is 0 Å². The van der Waals surface area contributed by atoms with Crippen molar-refractivity contribution in [3.05, 3.63) is 0 Å². The van der Waals surface area contributed by atoms with Crippen LogP contribution in [0.3, 0.4) is 0 Å². The average molecular weight is 514 g/mol. The molecule has 0 fully saturated rings. The van der Waals surface area contributed by atoms with Gasteiger partial charge in [-0.3, -0.25) is 4.79 Å². The molecule has 1 unspecified atom stereocenters. The number of hydrogen-bond acceptors (Lipinski definition) is 2. The van der Waals surface area contributed by atoms with Gasteiger partial charge in [-0.25, -0.2) is 8.78 Å². The third kappa shape index (κ3) is 6.40. The van der Waals surface area contributed by atoms with Crippen LogP contribution >= 0.6 is 0 Å². The normalized spacial score (nSPS) is 16.2. The Balaban J connectivity index is 5.68. The fraction of sp³-hybridized carbons (Fsp3) is 0.947. The maximum absolute atomic E-state index is 13.8. The van der Waals surface area contributed by atoms with Crippen LogP contribution < -0.4 is 0 Å². The van der Waals surface area contributed by atoms with Gasteiger partial charge in [-0.05, 0) is 17.3 Å². The van der Waals surface area contributed by atoms with Crippen molar-refractivity contribution in [3.63, 3.8) is 0 Å². The summed E-state index contributed by atoms with van der Waals surface area (Å²) in [5.74, 6) is -37.7. The van der Waals surface area contributed by atoms with Crippen molar-refractivity contribution < 1.29 is 62.2 Å². The van der Waals surface area contributed by atoms with Gasteiger partial charge in [0.2, 0.25) is 0 Å². The van der Waals surface area contributed by atoms with Crippen molar-refractivity contribution >= 4 is 5.97 Å². The van der Waals surface area contributed by atoms with Crippen LogP contribution in [0.5, 0.6) is 0 Å². The van der Waals surface area contributed by atoms with Crippen molar-refractivity contribution in [2.45, 2.75) is 90.4 Å². The maximum Gasteiger partial charge on any atom is 0.384 e. The Bertz CT molecular complexity index is 675. The number of hydrogen-bond donors (Lipinski definition) is 0. The first-order valence-electron chi connectivity index (χ1n) is 9.50. The summed E-state index contributed by atoms with van der Waals surface area (Å²) in [6, 6.07) is 0. The average Bonchev–Trinajstić information content (AvgIpc) is 2.56. The van der Waals surface area contributed by atoms with Crippen molar-refractivity contribution in [2.24, 2.45) is 16.7 Å². The van der Waals surface area contributed by atoms with Crippen LogP contribution in [0.15, 0.2) is 0 Å². The number of alkyl halides is 12. The Labute approximate surface area is 183 Å². The summed E-state index contributed by atoms with van der Waals surface area (Å²) >= 11 is 0. The number of esters is 1. The number of rotatable bonds is 10. The third-order valence-corrected chi connectivity index (χ3v) is 4.75. The topological polar surface area (TPSA) is 26.3 Å². The summed E-state index contributed by atoms with van der Waals surface area (Å²) < 4.78 is 162. The number of ether oxygens (including phenoxy) is 1. The summed E-state index contributed by atoms with van der Waals surface area (Å²) in [4.78, 5) is 12.3. The largest absolute Gasteiger partial charge is 0.465 e. The van der Waals surface area contributed by atoms with E-state index in [0.29, 0.717) is 0 Å². The van der Waals surface area contributed by atoms with Crippen molar-refractivity contribution in [2.75, 3.05) is 6.61 Å². The molecule has 0 amide bonds. The van der Waals surface area contributed by atoms with E-state index in [1.807, 2.05) is 0 Å². The summed E-state index contributed by atoms with van der Waals surface area (Å²) in [5.41, 5.74) is -1.30. The summed E-state index contributed by atoms with van der Waals surface area (Å²) in [5, 5.41) is 0. The zero-order chi connectivity index (χ0) is 27.1. The highest BCUT2D eigenvalue weighted by atomic mass is 19.4. The minimum Gasteiger partial charge on any atom is -0.465 e. The lowest BCUT2D eigenvalue weighted by Gasteiger charge is -2.39. The minimum absolute atomic E-state index is 0.134. The Hall–Kier alpha value is -1.37.